The summed E-state index contributed by atoms with van der Waals surface area (Å²) in [6.07, 6.45) is 2.98. The molecule has 0 saturated carbocycles. The van der Waals surface area contributed by atoms with Gasteiger partial charge in [0, 0.05) is 30.9 Å². The molecule has 1 aliphatic heterocycles. The molecule has 3 rings (SSSR count). The summed E-state index contributed by atoms with van der Waals surface area (Å²) < 4.78 is 27.3. The van der Waals surface area contributed by atoms with Gasteiger partial charge in [-0.2, -0.15) is 5.26 Å². The van der Waals surface area contributed by atoms with Gasteiger partial charge in [-0.3, -0.25) is 9.52 Å². The Hall–Kier alpha value is -3.05. The van der Waals surface area contributed by atoms with Gasteiger partial charge >= 0.3 is 0 Å². The lowest BCUT2D eigenvalue weighted by molar-refractivity contribution is 0.0947. The Morgan fingerprint density at radius 1 is 1.15 bits per heavy atom. The summed E-state index contributed by atoms with van der Waals surface area (Å²) in [6.45, 7) is 1.86. The minimum atomic E-state index is -3.71. The molecule has 2 N–H and O–H groups in total. The maximum atomic E-state index is 12.4. The van der Waals surface area contributed by atoms with E-state index in [1.165, 1.54) is 24.3 Å². The third-order valence-corrected chi connectivity index (χ3v) is 5.83. The predicted octanol–water partition coefficient (Wildman–Crippen LogP) is 2.02. The molecule has 2 aromatic carbocycles. The van der Waals surface area contributed by atoms with E-state index in [0.29, 0.717) is 24.3 Å². The topological polar surface area (TPSA) is 102 Å². The van der Waals surface area contributed by atoms with Crippen LogP contribution in [-0.4, -0.2) is 38.9 Å². The maximum absolute atomic E-state index is 12.4. The van der Waals surface area contributed by atoms with Gasteiger partial charge in [0.2, 0.25) is 0 Å². The highest BCUT2D eigenvalue weighted by atomic mass is 32.2. The van der Waals surface area contributed by atoms with Crippen LogP contribution in [0.15, 0.2) is 59.5 Å². The molecule has 0 radical (unpaired) electrons. The van der Waals surface area contributed by atoms with E-state index in [2.05, 4.69) is 16.2 Å². The molecular formula is C19H20N4O3S. The lowest BCUT2D eigenvalue weighted by Crippen LogP contribution is -2.30. The molecule has 27 heavy (non-hydrogen) atoms. The predicted molar refractivity (Wildman–Crippen MR) is 101 cm³/mol. The molecule has 1 atom stereocenters. The fourth-order valence-corrected chi connectivity index (χ4v) is 3.99. The van der Waals surface area contributed by atoms with Crippen LogP contribution in [0.3, 0.4) is 0 Å². The molecule has 1 fully saturated rings. The number of hydrogen-bond donors (Lipinski definition) is 2. The molecule has 8 heteroatoms. The van der Waals surface area contributed by atoms with Crippen molar-refractivity contribution in [1.82, 2.24) is 10.2 Å². The molecule has 1 aliphatic rings. The molecule has 7 nitrogen and oxygen atoms in total. The number of para-hydroxylation sites is 1. The molecule has 1 amide bonds. The number of amides is 1. The van der Waals surface area contributed by atoms with E-state index in [-0.39, 0.29) is 16.7 Å². The molecule has 2 aromatic rings. The summed E-state index contributed by atoms with van der Waals surface area (Å²) in [6, 6.07) is 14.4. The first-order valence-corrected chi connectivity index (χ1v) is 10.1. The van der Waals surface area contributed by atoms with Gasteiger partial charge < -0.3 is 10.2 Å². The monoisotopic (exact) mass is 384 g/mol. The largest absolute Gasteiger partial charge is 0.352 e. The van der Waals surface area contributed by atoms with Crippen molar-refractivity contribution < 1.29 is 13.2 Å². The quantitative estimate of drug-likeness (QED) is 0.742. The maximum Gasteiger partial charge on any atom is 0.261 e. The van der Waals surface area contributed by atoms with Crippen LogP contribution < -0.4 is 10.0 Å². The van der Waals surface area contributed by atoms with Gasteiger partial charge in [-0.25, -0.2) is 8.42 Å². The number of hydrogen-bond acceptors (Lipinski definition) is 5. The first-order chi connectivity index (χ1) is 13.0. The van der Waals surface area contributed by atoms with Crippen LogP contribution in [0.25, 0.3) is 0 Å². The number of anilines is 1. The summed E-state index contributed by atoms with van der Waals surface area (Å²) in [5.74, 6) is -0.00584. The van der Waals surface area contributed by atoms with E-state index in [4.69, 9.17) is 5.26 Å². The second-order valence-electron chi connectivity index (χ2n) is 6.41. The fourth-order valence-electron chi connectivity index (χ4n) is 2.93. The Morgan fingerprint density at radius 3 is 2.48 bits per heavy atom. The third kappa shape index (κ3) is 4.77. The summed E-state index contributed by atoms with van der Waals surface area (Å²) >= 11 is 0. The minimum Gasteiger partial charge on any atom is -0.352 e. The van der Waals surface area contributed by atoms with E-state index in [1.54, 1.807) is 35.2 Å². The lowest BCUT2D eigenvalue weighted by atomic mass is 10.1. The SMILES string of the molecule is N#CN1CCC(CNC(=O)c2ccc(S(=O)(=O)Nc3ccccc3)cc2)C1. The zero-order chi connectivity index (χ0) is 19.3. The van der Waals surface area contributed by atoms with Crippen molar-refractivity contribution in [2.24, 2.45) is 5.92 Å². The molecule has 1 heterocycles. The highest BCUT2D eigenvalue weighted by Crippen LogP contribution is 2.17. The van der Waals surface area contributed by atoms with Crippen LogP contribution in [0.2, 0.25) is 0 Å². The average Bonchev–Trinajstić information content (AvgIpc) is 3.15. The van der Waals surface area contributed by atoms with Crippen LogP contribution in [0.1, 0.15) is 16.8 Å². The van der Waals surface area contributed by atoms with Crippen molar-refractivity contribution in [3.8, 4) is 6.19 Å². The zero-order valence-corrected chi connectivity index (χ0v) is 15.4. The lowest BCUT2D eigenvalue weighted by Gasteiger charge is -2.12. The van der Waals surface area contributed by atoms with Gasteiger partial charge in [0.1, 0.15) is 0 Å². The standard InChI is InChI=1S/C19H20N4O3S/c20-14-23-11-10-15(13-23)12-21-19(24)16-6-8-18(9-7-16)27(25,26)22-17-4-2-1-3-5-17/h1-9,15,22H,10-13H2,(H,21,24). The Morgan fingerprint density at radius 2 is 1.85 bits per heavy atom. The number of likely N-dealkylation sites (tertiary alicyclic amines) is 1. The normalized spacial score (nSPS) is 16.6. The van der Waals surface area contributed by atoms with Gasteiger partial charge in [-0.05, 0) is 48.7 Å². The number of nitriles is 1. The van der Waals surface area contributed by atoms with Crippen LogP contribution in [0.5, 0.6) is 0 Å². The second-order valence-corrected chi connectivity index (χ2v) is 8.09. The molecule has 0 aliphatic carbocycles. The van der Waals surface area contributed by atoms with Gasteiger partial charge in [-0.15, -0.1) is 0 Å². The molecule has 0 bridgehead atoms. The third-order valence-electron chi connectivity index (χ3n) is 4.43. The van der Waals surface area contributed by atoms with Crippen LogP contribution in [0.4, 0.5) is 5.69 Å². The molecule has 0 spiro atoms. The average molecular weight is 384 g/mol. The zero-order valence-electron chi connectivity index (χ0n) is 14.6. The van der Waals surface area contributed by atoms with Crippen LogP contribution >= 0.6 is 0 Å². The van der Waals surface area contributed by atoms with Crippen LogP contribution in [-0.2, 0) is 10.0 Å². The highest BCUT2D eigenvalue weighted by Gasteiger charge is 2.22. The molecule has 140 valence electrons. The first kappa shape index (κ1) is 18.7. The van der Waals surface area contributed by atoms with Gasteiger partial charge in [0.25, 0.3) is 15.9 Å². The van der Waals surface area contributed by atoms with Gasteiger partial charge in [-0.1, -0.05) is 18.2 Å². The van der Waals surface area contributed by atoms with Crippen molar-refractivity contribution >= 4 is 21.6 Å². The van der Waals surface area contributed by atoms with E-state index in [1.807, 2.05) is 0 Å². The number of nitrogens with zero attached hydrogens (tertiary/aromatic N) is 2. The van der Waals surface area contributed by atoms with Gasteiger partial charge in [0.05, 0.1) is 4.90 Å². The number of rotatable bonds is 6. The smallest absolute Gasteiger partial charge is 0.261 e. The second kappa shape index (κ2) is 8.10. The van der Waals surface area contributed by atoms with Crippen molar-refractivity contribution in [2.45, 2.75) is 11.3 Å². The summed E-state index contributed by atoms with van der Waals surface area (Å²) in [5.41, 5.74) is 0.867. The van der Waals surface area contributed by atoms with Gasteiger partial charge in [0.15, 0.2) is 6.19 Å². The number of benzene rings is 2. The minimum absolute atomic E-state index is 0.0864. The number of sulfonamides is 1. The Labute approximate surface area is 158 Å². The Balaban J connectivity index is 1.59. The van der Waals surface area contributed by atoms with Crippen LogP contribution in [0, 0.1) is 17.4 Å². The van der Waals surface area contributed by atoms with Crippen molar-refractivity contribution in [1.29, 1.82) is 5.26 Å². The van der Waals surface area contributed by atoms with Crippen molar-refractivity contribution in [2.75, 3.05) is 24.4 Å². The number of nitrogens with one attached hydrogen (secondary N) is 2. The van der Waals surface area contributed by atoms with Crippen molar-refractivity contribution in [3.63, 3.8) is 0 Å². The Bertz CT molecular complexity index is 937. The van der Waals surface area contributed by atoms with Crippen molar-refractivity contribution in [3.05, 3.63) is 60.2 Å². The molecular weight excluding hydrogens is 364 g/mol. The summed E-state index contributed by atoms with van der Waals surface area (Å²) in [7, 11) is -3.71. The van der Waals surface area contributed by atoms with E-state index in [9.17, 15) is 13.2 Å². The summed E-state index contributed by atoms with van der Waals surface area (Å²) in [5, 5.41) is 11.7. The molecule has 1 unspecified atom stereocenters. The van der Waals surface area contributed by atoms with E-state index < -0.39 is 10.0 Å². The summed E-state index contributed by atoms with van der Waals surface area (Å²) in [4.78, 5) is 14.0. The first-order valence-electron chi connectivity index (χ1n) is 8.59. The number of carbonyl (C=O) groups is 1. The molecule has 1 saturated heterocycles. The van der Waals surface area contributed by atoms with E-state index in [0.717, 1.165) is 13.0 Å². The van der Waals surface area contributed by atoms with E-state index >= 15 is 0 Å². The molecule has 0 aromatic heterocycles. The fraction of sp³-hybridized carbons (Fsp3) is 0.263. The highest BCUT2D eigenvalue weighted by molar-refractivity contribution is 7.92. The number of carbonyl (C=O) groups excluding carboxylic acids is 1. The Kier molecular flexibility index (Phi) is 5.62.